The van der Waals surface area contributed by atoms with Crippen LogP contribution in [0, 0.1) is 0 Å². The van der Waals surface area contributed by atoms with Gasteiger partial charge in [0, 0.05) is 35.9 Å². The number of benzene rings is 1. The molecule has 0 radical (unpaired) electrons. The third-order valence-corrected chi connectivity index (χ3v) is 6.29. The van der Waals surface area contributed by atoms with E-state index in [-0.39, 0.29) is 10.7 Å². The van der Waals surface area contributed by atoms with Crippen LogP contribution in [0.5, 0.6) is 0 Å². The van der Waals surface area contributed by atoms with E-state index in [9.17, 15) is 4.79 Å². The van der Waals surface area contributed by atoms with E-state index in [0.29, 0.717) is 12.3 Å². The predicted octanol–water partition coefficient (Wildman–Crippen LogP) is 3.62. The number of hydrogen-bond donors (Lipinski definition) is 2. The first-order chi connectivity index (χ1) is 10.1. The highest BCUT2D eigenvalue weighted by molar-refractivity contribution is 8.00. The van der Waals surface area contributed by atoms with Crippen LogP contribution < -0.4 is 10.6 Å². The lowest BCUT2D eigenvalue weighted by Gasteiger charge is -2.30. The van der Waals surface area contributed by atoms with Crippen LogP contribution in [-0.2, 0) is 4.79 Å². The molecule has 1 atom stereocenters. The number of para-hydroxylation sites is 1. The zero-order valence-corrected chi connectivity index (χ0v) is 14.1. The van der Waals surface area contributed by atoms with Crippen molar-refractivity contribution >= 4 is 23.4 Å². The van der Waals surface area contributed by atoms with Gasteiger partial charge in [-0.2, -0.15) is 11.8 Å². The van der Waals surface area contributed by atoms with Crippen LogP contribution in [0.3, 0.4) is 0 Å². The second kappa shape index (κ2) is 7.21. The lowest BCUT2D eigenvalue weighted by atomic mass is 9.97. The van der Waals surface area contributed by atoms with Crippen LogP contribution in [0.1, 0.15) is 44.6 Å². The Labute approximate surface area is 132 Å². The lowest BCUT2D eigenvalue weighted by molar-refractivity contribution is -0.121. The largest absolute Gasteiger partial charge is 0.384 e. The molecule has 0 saturated heterocycles. The summed E-state index contributed by atoms with van der Waals surface area (Å²) in [5.74, 6) is 0.465. The van der Waals surface area contributed by atoms with Crippen molar-refractivity contribution in [2.24, 2.45) is 0 Å². The first-order valence-corrected chi connectivity index (χ1v) is 9.01. The van der Waals surface area contributed by atoms with E-state index in [1.165, 1.54) is 11.3 Å². The average Bonchev–Trinajstić information content (AvgIpc) is 2.93. The summed E-state index contributed by atoms with van der Waals surface area (Å²) in [6.45, 7) is 6.02. The number of carbonyl (C=O) groups is 1. The van der Waals surface area contributed by atoms with Crippen LogP contribution in [0.4, 0.5) is 5.69 Å². The minimum atomic E-state index is 0.166. The highest BCUT2D eigenvalue weighted by Gasteiger charge is 2.27. The topological polar surface area (TPSA) is 41.1 Å². The molecule has 1 aromatic carbocycles. The van der Waals surface area contributed by atoms with Gasteiger partial charge in [-0.1, -0.05) is 32.0 Å². The average molecular weight is 306 g/mol. The van der Waals surface area contributed by atoms with Gasteiger partial charge < -0.3 is 10.6 Å². The molecule has 21 heavy (non-hydrogen) atoms. The Morgan fingerprint density at radius 3 is 2.76 bits per heavy atom. The summed E-state index contributed by atoms with van der Waals surface area (Å²) in [5, 5.41) is 6.52. The second-order valence-electron chi connectivity index (χ2n) is 5.74. The van der Waals surface area contributed by atoms with Crippen LogP contribution in [0.2, 0.25) is 0 Å². The molecule has 1 heterocycles. The molecular formula is C17H26N2OS. The summed E-state index contributed by atoms with van der Waals surface area (Å²) in [7, 11) is 0. The van der Waals surface area contributed by atoms with Gasteiger partial charge in [0.2, 0.25) is 5.91 Å². The summed E-state index contributed by atoms with van der Waals surface area (Å²) >= 11 is 1.86. The molecule has 0 aliphatic carbocycles. The predicted molar refractivity (Wildman–Crippen MR) is 92.1 cm³/mol. The Bertz CT molecular complexity index is 477. The van der Waals surface area contributed by atoms with E-state index in [2.05, 4.69) is 42.9 Å². The summed E-state index contributed by atoms with van der Waals surface area (Å²) in [6.07, 6.45) is 4.87. The quantitative estimate of drug-likeness (QED) is 0.808. The molecule has 0 spiro atoms. The van der Waals surface area contributed by atoms with Crippen molar-refractivity contribution in [3.63, 3.8) is 0 Å². The molecule has 116 valence electrons. The minimum Gasteiger partial charge on any atom is -0.384 e. The Hall–Kier alpha value is -1.16. The lowest BCUT2D eigenvalue weighted by Crippen LogP contribution is -2.40. The fourth-order valence-electron chi connectivity index (χ4n) is 2.96. The van der Waals surface area contributed by atoms with Gasteiger partial charge >= 0.3 is 0 Å². The number of hydrogen-bond acceptors (Lipinski definition) is 3. The van der Waals surface area contributed by atoms with Gasteiger partial charge in [-0.25, -0.2) is 0 Å². The molecule has 1 amide bonds. The van der Waals surface area contributed by atoms with E-state index in [0.717, 1.165) is 25.9 Å². The maximum absolute atomic E-state index is 12.3. The van der Waals surface area contributed by atoms with Crippen LogP contribution >= 0.6 is 11.8 Å². The SMILES string of the molecule is CCC(CC)(CNC(=O)CC1CNc2ccccc21)SC. The zero-order valence-electron chi connectivity index (χ0n) is 13.2. The van der Waals surface area contributed by atoms with Gasteiger partial charge in [0.05, 0.1) is 0 Å². The maximum Gasteiger partial charge on any atom is 0.220 e. The maximum atomic E-state index is 12.3. The number of rotatable bonds is 7. The van der Waals surface area contributed by atoms with Crippen molar-refractivity contribution < 1.29 is 4.79 Å². The Kier molecular flexibility index (Phi) is 5.57. The van der Waals surface area contributed by atoms with Gasteiger partial charge in [-0.3, -0.25) is 4.79 Å². The zero-order chi connectivity index (χ0) is 15.3. The summed E-state index contributed by atoms with van der Waals surface area (Å²) < 4.78 is 0.182. The molecule has 1 aromatic rings. The standard InChI is InChI=1S/C17H26N2OS/c1-4-17(5-2,21-3)12-19-16(20)10-13-11-18-15-9-7-6-8-14(13)15/h6-9,13,18H,4-5,10-12H2,1-3H3,(H,19,20). The Morgan fingerprint density at radius 1 is 1.38 bits per heavy atom. The Morgan fingerprint density at radius 2 is 2.10 bits per heavy atom. The Balaban J connectivity index is 1.89. The molecule has 1 unspecified atom stereocenters. The van der Waals surface area contributed by atoms with Gasteiger partial charge in [-0.05, 0) is 30.7 Å². The molecule has 0 fully saturated rings. The molecular weight excluding hydrogens is 280 g/mol. The van der Waals surface area contributed by atoms with Gasteiger partial charge in [0.25, 0.3) is 0 Å². The smallest absolute Gasteiger partial charge is 0.220 e. The van der Waals surface area contributed by atoms with Gasteiger partial charge in [0.1, 0.15) is 0 Å². The van der Waals surface area contributed by atoms with Crippen molar-refractivity contribution in [1.29, 1.82) is 0 Å². The molecule has 4 heteroatoms. The van der Waals surface area contributed by atoms with Crippen molar-refractivity contribution in [1.82, 2.24) is 5.32 Å². The fraction of sp³-hybridized carbons (Fsp3) is 0.588. The number of anilines is 1. The molecule has 0 aromatic heterocycles. The third-order valence-electron chi connectivity index (χ3n) is 4.70. The summed E-state index contributed by atoms with van der Waals surface area (Å²) in [6, 6.07) is 8.28. The van der Waals surface area contributed by atoms with Gasteiger partial charge in [-0.15, -0.1) is 0 Å². The molecule has 3 nitrogen and oxygen atoms in total. The molecule has 1 aliphatic rings. The number of carbonyl (C=O) groups excluding carboxylic acids is 1. The van der Waals surface area contributed by atoms with E-state index in [1.54, 1.807) is 0 Å². The number of nitrogens with one attached hydrogen (secondary N) is 2. The van der Waals surface area contributed by atoms with Crippen molar-refractivity contribution in [2.75, 3.05) is 24.7 Å². The molecule has 0 bridgehead atoms. The highest BCUT2D eigenvalue weighted by atomic mass is 32.2. The van der Waals surface area contributed by atoms with Crippen molar-refractivity contribution in [2.45, 2.75) is 43.8 Å². The third kappa shape index (κ3) is 3.73. The van der Waals surface area contributed by atoms with E-state index in [4.69, 9.17) is 0 Å². The number of fused-ring (bicyclic) bond motifs is 1. The summed E-state index contributed by atoms with van der Waals surface area (Å²) in [4.78, 5) is 12.3. The molecule has 2 rings (SSSR count). The molecule has 1 aliphatic heterocycles. The monoisotopic (exact) mass is 306 g/mol. The van der Waals surface area contributed by atoms with Crippen LogP contribution in [0.25, 0.3) is 0 Å². The van der Waals surface area contributed by atoms with E-state index >= 15 is 0 Å². The first-order valence-electron chi connectivity index (χ1n) is 7.78. The fourth-order valence-corrected chi connectivity index (χ4v) is 3.75. The van der Waals surface area contributed by atoms with Crippen LogP contribution in [0.15, 0.2) is 24.3 Å². The first kappa shape index (κ1) is 16.2. The van der Waals surface area contributed by atoms with Crippen molar-refractivity contribution in [3.8, 4) is 0 Å². The van der Waals surface area contributed by atoms with Gasteiger partial charge in [0.15, 0.2) is 0 Å². The van der Waals surface area contributed by atoms with E-state index in [1.807, 2.05) is 23.9 Å². The molecule has 2 N–H and O–H groups in total. The number of amides is 1. The van der Waals surface area contributed by atoms with E-state index < -0.39 is 0 Å². The highest BCUT2D eigenvalue weighted by Crippen LogP contribution is 2.33. The summed E-state index contributed by atoms with van der Waals surface area (Å²) in [5.41, 5.74) is 2.45. The number of thioether (sulfide) groups is 1. The second-order valence-corrected chi connectivity index (χ2v) is 7.01. The minimum absolute atomic E-state index is 0.166. The molecule has 0 saturated carbocycles. The normalized spacial score (nSPS) is 17.2. The van der Waals surface area contributed by atoms with Crippen LogP contribution in [-0.4, -0.2) is 30.0 Å². The van der Waals surface area contributed by atoms with Crippen molar-refractivity contribution in [3.05, 3.63) is 29.8 Å².